The van der Waals surface area contributed by atoms with Gasteiger partial charge in [-0.15, -0.1) is 0 Å². The zero-order valence-corrected chi connectivity index (χ0v) is 15.2. The molecule has 3 aromatic rings. The Labute approximate surface area is 152 Å². The average molecular weight is 352 g/mol. The Morgan fingerprint density at radius 3 is 2.76 bits per heavy atom. The molecule has 0 aliphatic rings. The number of H-pyrrole nitrogens is 1. The van der Waals surface area contributed by atoms with Gasteiger partial charge in [0.05, 0.1) is 12.3 Å². The smallest absolute Gasteiger partial charge is 0.216 e. The van der Waals surface area contributed by atoms with Gasteiger partial charge in [-0.25, -0.2) is 5.10 Å². The summed E-state index contributed by atoms with van der Waals surface area (Å²) in [6, 6.07) is 15.8. The fraction of sp³-hybridized carbons (Fsp3) is 0.211. The molecule has 0 saturated heterocycles. The number of aryl methyl sites for hydroxylation is 1. The Morgan fingerprint density at radius 2 is 2.00 bits per heavy atom. The predicted molar refractivity (Wildman–Crippen MR) is 103 cm³/mol. The van der Waals surface area contributed by atoms with Crippen LogP contribution in [-0.2, 0) is 0 Å². The molecule has 128 valence electrons. The first-order valence-electron chi connectivity index (χ1n) is 8.09. The van der Waals surface area contributed by atoms with Gasteiger partial charge in [-0.3, -0.25) is 0 Å². The van der Waals surface area contributed by atoms with Crippen LogP contribution in [0.2, 0.25) is 0 Å². The van der Waals surface area contributed by atoms with Crippen LogP contribution in [0.3, 0.4) is 0 Å². The third-order valence-corrected chi connectivity index (χ3v) is 3.88. The van der Waals surface area contributed by atoms with E-state index in [1.54, 1.807) is 10.9 Å². The normalized spacial score (nSPS) is 11.4. The van der Waals surface area contributed by atoms with Crippen molar-refractivity contribution < 1.29 is 4.74 Å². The Kier molecular flexibility index (Phi) is 5.09. The first-order chi connectivity index (χ1) is 12.0. The maximum Gasteiger partial charge on any atom is 0.216 e. The zero-order valence-electron chi connectivity index (χ0n) is 14.4. The molecule has 1 N–H and O–H groups in total. The highest BCUT2D eigenvalue weighted by Crippen LogP contribution is 2.23. The van der Waals surface area contributed by atoms with Gasteiger partial charge in [-0.05, 0) is 56.2 Å². The number of benzene rings is 2. The van der Waals surface area contributed by atoms with E-state index in [0.29, 0.717) is 10.6 Å². The van der Waals surface area contributed by atoms with Crippen molar-refractivity contribution in [3.05, 3.63) is 64.4 Å². The minimum absolute atomic E-state index is 0.107. The Bertz CT molecular complexity index is 956. The second-order valence-electron chi connectivity index (χ2n) is 5.96. The quantitative estimate of drug-likeness (QED) is 0.540. The van der Waals surface area contributed by atoms with Crippen LogP contribution in [0.25, 0.3) is 11.4 Å². The van der Waals surface area contributed by atoms with Crippen LogP contribution in [0.4, 0.5) is 0 Å². The second-order valence-corrected chi connectivity index (χ2v) is 6.35. The first-order valence-corrected chi connectivity index (χ1v) is 8.50. The number of nitrogens with zero attached hydrogens (tertiary/aromatic N) is 3. The number of nitrogens with one attached hydrogen (secondary N) is 1. The second kappa shape index (κ2) is 7.44. The van der Waals surface area contributed by atoms with E-state index in [2.05, 4.69) is 15.3 Å². The summed E-state index contributed by atoms with van der Waals surface area (Å²) >= 11 is 5.32. The van der Waals surface area contributed by atoms with Crippen LogP contribution < -0.4 is 4.74 Å². The van der Waals surface area contributed by atoms with Crippen LogP contribution in [0.1, 0.15) is 25.0 Å². The summed E-state index contributed by atoms with van der Waals surface area (Å²) < 4.78 is 7.82. The van der Waals surface area contributed by atoms with E-state index < -0.39 is 0 Å². The fourth-order valence-corrected chi connectivity index (χ4v) is 2.60. The third kappa shape index (κ3) is 4.03. The van der Waals surface area contributed by atoms with Crippen molar-refractivity contribution in [1.29, 1.82) is 0 Å². The van der Waals surface area contributed by atoms with Crippen LogP contribution in [-0.4, -0.2) is 27.2 Å². The molecule has 0 aliphatic heterocycles. The van der Waals surface area contributed by atoms with Gasteiger partial charge in [0.25, 0.3) is 0 Å². The van der Waals surface area contributed by atoms with Crippen molar-refractivity contribution in [3.8, 4) is 17.1 Å². The summed E-state index contributed by atoms with van der Waals surface area (Å²) in [5, 5.41) is 11.6. The highest BCUT2D eigenvalue weighted by Gasteiger charge is 2.10. The average Bonchev–Trinajstić information content (AvgIpc) is 2.95. The largest absolute Gasteiger partial charge is 0.491 e. The molecule has 6 heteroatoms. The Balaban J connectivity index is 1.98. The molecule has 0 radical (unpaired) electrons. The minimum atomic E-state index is 0.107. The van der Waals surface area contributed by atoms with Crippen molar-refractivity contribution in [1.82, 2.24) is 14.9 Å². The molecule has 0 amide bonds. The highest BCUT2D eigenvalue weighted by molar-refractivity contribution is 7.71. The molecule has 3 rings (SSSR count). The summed E-state index contributed by atoms with van der Waals surface area (Å²) in [7, 11) is 0. The molecular weight excluding hydrogens is 332 g/mol. The summed E-state index contributed by atoms with van der Waals surface area (Å²) in [4.78, 5) is 0. The van der Waals surface area contributed by atoms with Gasteiger partial charge in [0.2, 0.25) is 4.77 Å². The molecule has 0 spiro atoms. The maximum atomic E-state index is 5.76. The lowest BCUT2D eigenvalue weighted by molar-refractivity contribution is 0.242. The van der Waals surface area contributed by atoms with Crippen molar-refractivity contribution in [2.24, 2.45) is 5.10 Å². The van der Waals surface area contributed by atoms with E-state index in [1.807, 2.05) is 69.3 Å². The molecule has 0 bridgehead atoms. The van der Waals surface area contributed by atoms with Gasteiger partial charge in [0, 0.05) is 5.56 Å². The molecule has 2 aromatic carbocycles. The molecule has 5 nitrogen and oxygen atoms in total. The SMILES string of the molecule is Cc1ccccc1/C=N\n1c(-c2cccc(OC(C)C)c2)n[nH]c1=S. The number of ether oxygens (including phenoxy) is 1. The van der Waals surface area contributed by atoms with Gasteiger partial charge < -0.3 is 4.74 Å². The van der Waals surface area contributed by atoms with Crippen molar-refractivity contribution in [3.63, 3.8) is 0 Å². The molecule has 0 fully saturated rings. The Morgan fingerprint density at radius 1 is 1.20 bits per heavy atom. The predicted octanol–water partition coefficient (Wildman–Crippen LogP) is 4.59. The van der Waals surface area contributed by atoms with E-state index in [-0.39, 0.29) is 6.10 Å². The highest BCUT2D eigenvalue weighted by atomic mass is 32.1. The number of hydrogen-bond donors (Lipinski definition) is 1. The standard InChI is InChI=1S/C19H20N4OS/c1-13(2)24-17-10-6-9-15(11-17)18-21-22-19(25)23(18)20-12-16-8-5-4-7-14(16)3/h4-13H,1-3H3,(H,22,25)/b20-12-. The summed E-state index contributed by atoms with van der Waals surface area (Å²) in [6.45, 7) is 6.04. The van der Waals surface area contributed by atoms with Crippen LogP contribution >= 0.6 is 12.2 Å². The fourth-order valence-electron chi connectivity index (χ4n) is 2.42. The van der Waals surface area contributed by atoms with Gasteiger partial charge in [0.1, 0.15) is 5.75 Å². The molecule has 1 heterocycles. The minimum Gasteiger partial charge on any atom is -0.491 e. The molecule has 0 atom stereocenters. The van der Waals surface area contributed by atoms with Crippen LogP contribution in [0, 0.1) is 11.7 Å². The summed E-state index contributed by atoms with van der Waals surface area (Å²) in [5.41, 5.74) is 3.07. The van der Waals surface area contributed by atoms with Crippen molar-refractivity contribution in [2.45, 2.75) is 26.9 Å². The lowest BCUT2D eigenvalue weighted by Crippen LogP contribution is -2.05. The molecular formula is C19H20N4OS. The molecule has 1 aromatic heterocycles. The lowest BCUT2D eigenvalue weighted by atomic mass is 10.1. The topological polar surface area (TPSA) is 55.2 Å². The number of aromatic nitrogens is 3. The van der Waals surface area contributed by atoms with E-state index in [4.69, 9.17) is 17.0 Å². The van der Waals surface area contributed by atoms with Gasteiger partial charge in [0.15, 0.2) is 5.82 Å². The first kappa shape index (κ1) is 17.1. The summed E-state index contributed by atoms with van der Waals surface area (Å²) in [5.74, 6) is 1.43. The maximum absolute atomic E-state index is 5.76. The van der Waals surface area contributed by atoms with Crippen molar-refractivity contribution in [2.75, 3.05) is 0 Å². The van der Waals surface area contributed by atoms with E-state index in [0.717, 1.165) is 22.4 Å². The van der Waals surface area contributed by atoms with E-state index in [9.17, 15) is 0 Å². The molecule has 25 heavy (non-hydrogen) atoms. The number of hydrogen-bond acceptors (Lipinski definition) is 4. The number of rotatable bonds is 5. The van der Waals surface area contributed by atoms with Gasteiger partial charge >= 0.3 is 0 Å². The van der Waals surface area contributed by atoms with Crippen molar-refractivity contribution >= 4 is 18.4 Å². The lowest BCUT2D eigenvalue weighted by Gasteiger charge is -2.10. The van der Waals surface area contributed by atoms with Crippen LogP contribution in [0.5, 0.6) is 5.75 Å². The zero-order chi connectivity index (χ0) is 17.8. The van der Waals surface area contributed by atoms with E-state index in [1.165, 1.54) is 0 Å². The third-order valence-electron chi connectivity index (χ3n) is 3.62. The molecule has 0 saturated carbocycles. The molecule has 0 aliphatic carbocycles. The number of aromatic amines is 1. The summed E-state index contributed by atoms with van der Waals surface area (Å²) in [6.07, 6.45) is 1.90. The van der Waals surface area contributed by atoms with Gasteiger partial charge in [-0.2, -0.15) is 14.9 Å². The van der Waals surface area contributed by atoms with E-state index >= 15 is 0 Å². The van der Waals surface area contributed by atoms with Crippen LogP contribution in [0.15, 0.2) is 53.6 Å². The molecule has 0 unspecified atom stereocenters. The Hall–Kier alpha value is -2.73. The monoisotopic (exact) mass is 352 g/mol. The van der Waals surface area contributed by atoms with Gasteiger partial charge in [-0.1, -0.05) is 36.4 Å².